The minimum Gasteiger partial charge on any atom is -0.497 e. The standard InChI is InChI=1S/C18H17NO3S/c1-21-15-10-8-14(9-11-15)19-23(20)18-16-6-4-3-5-13(16)7-12-17(18)22-2/h3-12,19H,1-2H3. The van der Waals surface area contributed by atoms with Crippen molar-refractivity contribution in [3.63, 3.8) is 0 Å². The Labute approximate surface area is 137 Å². The summed E-state index contributed by atoms with van der Waals surface area (Å²) in [5.41, 5.74) is 0.749. The average molecular weight is 327 g/mol. The highest BCUT2D eigenvalue weighted by molar-refractivity contribution is 7.86. The third-order valence-corrected chi connectivity index (χ3v) is 4.76. The van der Waals surface area contributed by atoms with Gasteiger partial charge in [0.05, 0.1) is 14.2 Å². The first-order chi connectivity index (χ1) is 11.2. The lowest BCUT2D eigenvalue weighted by atomic mass is 10.1. The van der Waals surface area contributed by atoms with E-state index in [1.54, 1.807) is 14.2 Å². The second-order valence-corrected chi connectivity index (χ2v) is 6.07. The molecule has 1 atom stereocenters. The number of nitrogens with one attached hydrogen (secondary N) is 1. The molecule has 23 heavy (non-hydrogen) atoms. The molecule has 0 bridgehead atoms. The van der Waals surface area contributed by atoms with Crippen LogP contribution in [0.5, 0.6) is 11.5 Å². The first-order valence-corrected chi connectivity index (χ1v) is 8.26. The molecule has 0 saturated carbocycles. The molecule has 1 N–H and O–H groups in total. The molecule has 0 aliphatic heterocycles. The molecule has 3 aromatic rings. The van der Waals surface area contributed by atoms with Gasteiger partial charge in [-0.1, -0.05) is 30.3 Å². The van der Waals surface area contributed by atoms with Gasteiger partial charge < -0.3 is 14.2 Å². The monoisotopic (exact) mass is 327 g/mol. The largest absolute Gasteiger partial charge is 0.497 e. The van der Waals surface area contributed by atoms with Crippen molar-refractivity contribution in [1.29, 1.82) is 0 Å². The van der Waals surface area contributed by atoms with Gasteiger partial charge >= 0.3 is 0 Å². The van der Waals surface area contributed by atoms with E-state index in [2.05, 4.69) is 4.72 Å². The third-order valence-electron chi connectivity index (χ3n) is 3.55. The van der Waals surface area contributed by atoms with Crippen LogP contribution in [0.4, 0.5) is 5.69 Å². The molecule has 0 saturated heterocycles. The Morgan fingerprint density at radius 2 is 1.61 bits per heavy atom. The summed E-state index contributed by atoms with van der Waals surface area (Å²) in [5.74, 6) is 1.35. The summed E-state index contributed by atoms with van der Waals surface area (Å²) in [6, 6.07) is 18.9. The van der Waals surface area contributed by atoms with Gasteiger partial charge in [0.2, 0.25) is 0 Å². The number of rotatable bonds is 5. The third kappa shape index (κ3) is 3.14. The van der Waals surface area contributed by atoms with Crippen LogP contribution in [0.15, 0.2) is 65.6 Å². The van der Waals surface area contributed by atoms with E-state index in [4.69, 9.17) is 9.47 Å². The lowest BCUT2D eigenvalue weighted by molar-refractivity contribution is 0.405. The quantitative estimate of drug-likeness (QED) is 0.771. The van der Waals surface area contributed by atoms with Gasteiger partial charge in [-0.2, -0.15) is 0 Å². The normalized spacial score (nSPS) is 11.9. The summed E-state index contributed by atoms with van der Waals surface area (Å²) in [4.78, 5) is 0.640. The van der Waals surface area contributed by atoms with Crippen LogP contribution >= 0.6 is 0 Å². The average Bonchev–Trinajstić information content (AvgIpc) is 2.61. The Morgan fingerprint density at radius 1 is 0.870 bits per heavy atom. The van der Waals surface area contributed by atoms with E-state index in [1.165, 1.54) is 0 Å². The number of hydrogen-bond acceptors (Lipinski definition) is 3. The number of ether oxygens (including phenoxy) is 2. The Morgan fingerprint density at radius 3 is 2.30 bits per heavy atom. The summed E-state index contributed by atoms with van der Waals surface area (Å²) in [7, 11) is 1.75. The van der Waals surface area contributed by atoms with E-state index in [9.17, 15) is 4.21 Å². The van der Waals surface area contributed by atoms with Crippen molar-refractivity contribution in [3.8, 4) is 11.5 Å². The minimum absolute atomic E-state index is 0.600. The second kappa shape index (κ2) is 6.71. The number of hydrogen-bond donors (Lipinski definition) is 1. The summed E-state index contributed by atoms with van der Waals surface area (Å²) in [5, 5.41) is 1.93. The number of anilines is 1. The van der Waals surface area contributed by atoms with E-state index in [0.717, 1.165) is 22.2 Å². The summed E-state index contributed by atoms with van der Waals surface area (Å²) in [6.07, 6.45) is 0. The van der Waals surface area contributed by atoms with Crippen molar-refractivity contribution in [2.45, 2.75) is 4.90 Å². The molecule has 0 spiro atoms. The van der Waals surface area contributed by atoms with Crippen LogP contribution in [0.2, 0.25) is 0 Å². The van der Waals surface area contributed by atoms with E-state index in [0.29, 0.717) is 10.6 Å². The molecule has 0 aliphatic carbocycles. The van der Waals surface area contributed by atoms with Gasteiger partial charge in [-0.3, -0.25) is 0 Å². The summed E-state index contributed by atoms with van der Waals surface area (Å²) >= 11 is 0. The maximum absolute atomic E-state index is 12.9. The lowest BCUT2D eigenvalue weighted by Crippen LogP contribution is -2.07. The van der Waals surface area contributed by atoms with Crippen LogP contribution in [-0.2, 0) is 11.0 Å². The predicted molar refractivity (Wildman–Crippen MR) is 93.5 cm³/mol. The fraction of sp³-hybridized carbons (Fsp3) is 0.111. The highest BCUT2D eigenvalue weighted by Gasteiger charge is 2.15. The SMILES string of the molecule is COc1ccc(NS(=O)c2c(OC)ccc3ccccc23)cc1. The van der Waals surface area contributed by atoms with E-state index >= 15 is 0 Å². The maximum Gasteiger partial charge on any atom is 0.154 e. The minimum atomic E-state index is -1.44. The number of methoxy groups -OCH3 is 2. The molecule has 0 fully saturated rings. The highest BCUT2D eigenvalue weighted by Crippen LogP contribution is 2.31. The van der Waals surface area contributed by atoms with Crippen LogP contribution in [0.1, 0.15) is 0 Å². The van der Waals surface area contributed by atoms with Crippen molar-refractivity contribution >= 4 is 27.4 Å². The van der Waals surface area contributed by atoms with Crippen molar-refractivity contribution < 1.29 is 13.7 Å². The van der Waals surface area contributed by atoms with Crippen LogP contribution < -0.4 is 14.2 Å². The Bertz CT molecular complexity index is 847. The molecule has 0 amide bonds. The fourth-order valence-electron chi connectivity index (χ4n) is 2.39. The van der Waals surface area contributed by atoms with Crippen molar-refractivity contribution in [2.24, 2.45) is 0 Å². The molecule has 0 heterocycles. The maximum atomic E-state index is 12.9. The van der Waals surface area contributed by atoms with Crippen molar-refractivity contribution in [3.05, 3.63) is 60.7 Å². The van der Waals surface area contributed by atoms with E-state index in [1.807, 2.05) is 60.7 Å². The molecule has 3 aromatic carbocycles. The molecule has 0 aromatic heterocycles. The van der Waals surface area contributed by atoms with Gasteiger partial charge in [0.1, 0.15) is 16.4 Å². The van der Waals surface area contributed by atoms with Crippen LogP contribution in [0, 0.1) is 0 Å². The Balaban J connectivity index is 1.99. The summed E-state index contributed by atoms with van der Waals surface area (Å²) < 4.78 is 26.4. The number of benzene rings is 3. The van der Waals surface area contributed by atoms with Gasteiger partial charge in [0.15, 0.2) is 11.0 Å². The van der Waals surface area contributed by atoms with Crippen molar-refractivity contribution in [2.75, 3.05) is 18.9 Å². The number of fused-ring (bicyclic) bond motifs is 1. The molecule has 5 heteroatoms. The molecule has 3 rings (SSSR count). The zero-order valence-electron chi connectivity index (χ0n) is 12.9. The van der Waals surface area contributed by atoms with E-state index in [-0.39, 0.29) is 0 Å². The van der Waals surface area contributed by atoms with Gasteiger partial charge in [-0.05, 0) is 35.7 Å². The lowest BCUT2D eigenvalue weighted by Gasteiger charge is -2.13. The second-order valence-electron chi connectivity index (χ2n) is 4.92. The molecule has 118 valence electrons. The zero-order valence-corrected chi connectivity index (χ0v) is 13.7. The molecular weight excluding hydrogens is 310 g/mol. The molecule has 0 aliphatic rings. The van der Waals surface area contributed by atoms with Crippen LogP contribution in [-0.4, -0.2) is 18.4 Å². The fourth-order valence-corrected chi connectivity index (χ4v) is 3.56. The molecule has 4 nitrogen and oxygen atoms in total. The first-order valence-electron chi connectivity index (χ1n) is 7.11. The van der Waals surface area contributed by atoms with Crippen LogP contribution in [0.3, 0.4) is 0 Å². The molecular formula is C18H17NO3S. The summed E-state index contributed by atoms with van der Waals surface area (Å²) in [6.45, 7) is 0. The van der Waals surface area contributed by atoms with Crippen molar-refractivity contribution in [1.82, 2.24) is 0 Å². The molecule has 1 unspecified atom stereocenters. The van der Waals surface area contributed by atoms with Gasteiger partial charge in [0.25, 0.3) is 0 Å². The Kier molecular flexibility index (Phi) is 4.48. The Hall–Kier alpha value is -2.53. The topological polar surface area (TPSA) is 47.6 Å². The van der Waals surface area contributed by atoms with Crippen LogP contribution in [0.25, 0.3) is 10.8 Å². The first kappa shape index (κ1) is 15.4. The molecule has 0 radical (unpaired) electrons. The smallest absolute Gasteiger partial charge is 0.154 e. The predicted octanol–water partition coefficient (Wildman–Crippen LogP) is 3.99. The highest BCUT2D eigenvalue weighted by atomic mass is 32.2. The van der Waals surface area contributed by atoms with Gasteiger partial charge in [-0.15, -0.1) is 0 Å². The van der Waals surface area contributed by atoms with E-state index < -0.39 is 11.0 Å². The van der Waals surface area contributed by atoms with Gasteiger partial charge in [-0.25, -0.2) is 4.21 Å². The zero-order chi connectivity index (χ0) is 16.2. The van der Waals surface area contributed by atoms with Gasteiger partial charge in [0, 0.05) is 11.1 Å².